The number of urea groups is 1. The van der Waals surface area contributed by atoms with Gasteiger partial charge in [0.25, 0.3) is 0 Å². The summed E-state index contributed by atoms with van der Waals surface area (Å²) in [5.74, 6) is -0.948. The third kappa shape index (κ3) is 8.23. The van der Waals surface area contributed by atoms with Crippen molar-refractivity contribution >= 4 is 17.7 Å². The minimum absolute atomic E-state index is 0.0282. The van der Waals surface area contributed by atoms with Gasteiger partial charge in [0.2, 0.25) is 0 Å². The summed E-state index contributed by atoms with van der Waals surface area (Å²) in [6, 6.07) is 23.2. The molecular weight excluding hydrogens is 614 g/mol. The number of aliphatic hydroxyl groups excluding tert-OH is 1. The fraction of sp³-hybridized carbons (Fsp3) is 0.459. The number of amides is 2. The zero-order chi connectivity index (χ0) is 33.5. The molecule has 5 atom stereocenters. The van der Waals surface area contributed by atoms with Crippen LogP contribution in [0.5, 0.6) is 0 Å². The number of likely N-dealkylation sites (tertiary alicyclic amines) is 1. The Morgan fingerprint density at radius 2 is 1.67 bits per heavy atom. The van der Waals surface area contributed by atoms with E-state index in [0.717, 1.165) is 54.7 Å². The van der Waals surface area contributed by atoms with Gasteiger partial charge in [0, 0.05) is 56.1 Å². The van der Waals surface area contributed by atoms with Gasteiger partial charge in [0.1, 0.15) is 6.04 Å². The van der Waals surface area contributed by atoms with E-state index >= 15 is 0 Å². The van der Waals surface area contributed by atoms with Crippen LogP contribution < -0.4 is 10.6 Å². The van der Waals surface area contributed by atoms with Crippen LogP contribution in [-0.2, 0) is 41.5 Å². The predicted molar refractivity (Wildman–Crippen MR) is 178 cm³/mol. The Hall–Kier alpha value is -3.84. The van der Waals surface area contributed by atoms with Crippen molar-refractivity contribution in [1.29, 1.82) is 0 Å². The second-order valence-corrected chi connectivity index (χ2v) is 12.7. The van der Waals surface area contributed by atoms with E-state index in [-0.39, 0.29) is 24.7 Å². The Bertz CT molecular complexity index is 1500. The highest BCUT2D eigenvalue weighted by atomic mass is 16.7. The molecule has 11 nitrogen and oxygen atoms in total. The van der Waals surface area contributed by atoms with Crippen LogP contribution in [0.3, 0.4) is 0 Å². The first-order chi connectivity index (χ1) is 23.3. The minimum atomic E-state index is -0.859. The molecule has 3 fully saturated rings. The number of esters is 1. The first kappa shape index (κ1) is 34.0. The fourth-order valence-electron chi connectivity index (χ4n) is 6.72. The number of benzene rings is 3. The van der Waals surface area contributed by atoms with E-state index in [1.807, 2.05) is 72.8 Å². The Morgan fingerprint density at radius 1 is 0.938 bits per heavy atom. The van der Waals surface area contributed by atoms with Crippen LogP contribution in [0.25, 0.3) is 0 Å². The number of piperidine rings is 1. The number of hydrogen-bond acceptors (Lipinski definition) is 9. The molecule has 48 heavy (non-hydrogen) atoms. The molecule has 3 aromatic carbocycles. The van der Waals surface area contributed by atoms with E-state index in [2.05, 4.69) is 22.5 Å². The maximum absolute atomic E-state index is 13.1. The number of ether oxygens (including phenoxy) is 5. The van der Waals surface area contributed by atoms with Crippen molar-refractivity contribution in [3.05, 3.63) is 101 Å². The number of carbonyl (C=O) groups is 2. The second kappa shape index (κ2) is 15.6. The lowest BCUT2D eigenvalue weighted by Crippen LogP contribution is -2.50. The molecule has 0 radical (unpaired) electrons. The topological polar surface area (TPSA) is 128 Å². The summed E-state index contributed by atoms with van der Waals surface area (Å²) in [5.41, 5.74) is 4.01. The molecule has 0 bridgehead atoms. The number of anilines is 1. The van der Waals surface area contributed by atoms with Crippen molar-refractivity contribution in [3.63, 3.8) is 0 Å². The number of aliphatic hydroxyl groups is 1. The van der Waals surface area contributed by atoms with Crippen molar-refractivity contribution in [2.45, 2.75) is 63.1 Å². The molecule has 0 aromatic heterocycles. The summed E-state index contributed by atoms with van der Waals surface area (Å²) in [5, 5.41) is 15.2. The number of hydrogen-bond donors (Lipinski definition) is 3. The van der Waals surface area contributed by atoms with E-state index in [0.29, 0.717) is 25.3 Å². The monoisotopic (exact) mass is 659 g/mol. The van der Waals surface area contributed by atoms with Gasteiger partial charge >= 0.3 is 12.0 Å². The molecule has 5 unspecified atom stereocenters. The van der Waals surface area contributed by atoms with Crippen LogP contribution in [-0.4, -0.2) is 79.9 Å². The van der Waals surface area contributed by atoms with E-state index in [9.17, 15) is 14.7 Å². The number of carbonyl (C=O) groups excluding carboxylic acids is 2. The van der Waals surface area contributed by atoms with Crippen molar-refractivity contribution < 1.29 is 38.4 Å². The van der Waals surface area contributed by atoms with Gasteiger partial charge < -0.3 is 44.3 Å². The molecule has 3 heterocycles. The molecule has 3 saturated heterocycles. The normalized spacial score (nSPS) is 24.6. The molecule has 3 aliphatic rings. The number of rotatable bonds is 10. The van der Waals surface area contributed by atoms with Gasteiger partial charge in [-0.1, -0.05) is 73.7 Å². The van der Waals surface area contributed by atoms with Crippen molar-refractivity contribution in [2.75, 3.05) is 45.3 Å². The van der Waals surface area contributed by atoms with Crippen LogP contribution in [0.2, 0.25) is 0 Å². The minimum Gasteiger partial charge on any atom is -0.467 e. The zero-order valence-electron chi connectivity index (χ0n) is 27.5. The average molecular weight is 660 g/mol. The van der Waals surface area contributed by atoms with Gasteiger partial charge in [-0.3, -0.25) is 0 Å². The zero-order valence-corrected chi connectivity index (χ0v) is 27.5. The molecule has 3 N–H and O–H groups in total. The van der Waals surface area contributed by atoms with E-state index < -0.39 is 30.1 Å². The van der Waals surface area contributed by atoms with E-state index in [1.54, 1.807) is 6.07 Å². The van der Waals surface area contributed by atoms with Gasteiger partial charge in [-0.15, -0.1) is 0 Å². The smallest absolute Gasteiger partial charge is 0.328 e. The highest BCUT2D eigenvalue weighted by Gasteiger charge is 2.43. The van der Waals surface area contributed by atoms with Crippen LogP contribution in [0.4, 0.5) is 10.5 Å². The summed E-state index contributed by atoms with van der Waals surface area (Å²) < 4.78 is 30.2. The fourth-order valence-corrected chi connectivity index (χ4v) is 6.72. The highest BCUT2D eigenvalue weighted by Crippen LogP contribution is 2.42. The SMILES string of the molecule is COC(=O)C(Cc1ccccc1)NC(=O)Nc1cccc(C2OC(CN3CCC4(CC3)OCCO4)C(C)C(c3ccc(CO)cc3)O2)c1. The lowest BCUT2D eigenvalue weighted by Gasteiger charge is -2.44. The third-order valence-corrected chi connectivity index (χ3v) is 9.48. The molecule has 1 spiro atoms. The van der Waals surface area contributed by atoms with Gasteiger partial charge in [-0.05, 0) is 28.8 Å². The first-order valence-electron chi connectivity index (χ1n) is 16.6. The highest BCUT2D eigenvalue weighted by molar-refractivity contribution is 5.92. The molecule has 11 heteroatoms. The Kier molecular flexibility index (Phi) is 11.1. The van der Waals surface area contributed by atoms with Crippen molar-refractivity contribution in [1.82, 2.24) is 10.2 Å². The molecule has 3 aromatic rings. The van der Waals surface area contributed by atoms with E-state index in [1.165, 1.54) is 7.11 Å². The summed E-state index contributed by atoms with van der Waals surface area (Å²) in [4.78, 5) is 28.0. The van der Waals surface area contributed by atoms with Gasteiger partial charge in [0.15, 0.2) is 12.1 Å². The van der Waals surface area contributed by atoms with E-state index in [4.69, 9.17) is 23.7 Å². The summed E-state index contributed by atoms with van der Waals surface area (Å²) in [6.07, 6.45) is 0.818. The largest absolute Gasteiger partial charge is 0.467 e. The lowest BCUT2D eigenvalue weighted by atomic mass is 9.89. The molecule has 256 valence electrons. The van der Waals surface area contributed by atoms with Gasteiger partial charge in [0.05, 0.1) is 39.1 Å². The van der Waals surface area contributed by atoms with Crippen LogP contribution in [0.1, 0.15) is 54.4 Å². The predicted octanol–water partition coefficient (Wildman–Crippen LogP) is 4.72. The van der Waals surface area contributed by atoms with Crippen LogP contribution >= 0.6 is 0 Å². The number of nitrogens with zero attached hydrogens (tertiary/aromatic N) is 1. The van der Waals surface area contributed by atoms with Crippen LogP contribution in [0, 0.1) is 5.92 Å². The van der Waals surface area contributed by atoms with Crippen molar-refractivity contribution in [3.8, 4) is 0 Å². The summed E-state index contributed by atoms with van der Waals surface area (Å²) >= 11 is 0. The van der Waals surface area contributed by atoms with Crippen molar-refractivity contribution in [2.24, 2.45) is 5.92 Å². The molecule has 6 rings (SSSR count). The van der Waals surface area contributed by atoms with Gasteiger partial charge in [-0.25, -0.2) is 9.59 Å². The number of nitrogens with one attached hydrogen (secondary N) is 2. The lowest BCUT2D eigenvalue weighted by molar-refractivity contribution is -0.278. The second-order valence-electron chi connectivity index (χ2n) is 12.7. The Morgan fingerprint density at radius 3 is 2.35 bits per heavy atom. The molecule has 0 aliphatic carbocycles. The standard InChI is InChI=1S/C37H45N3O8/c1-25-32(23-40-17-15-37(16-18-40)45-19-20-46-37)47-35(48-33(25)28-13-11-27(24-41)12-14-28)29-9-6-10-30(22-29)38-36(43)39-31(34(42)44-2)21-26-7-4-3-5-8-26/h3-14,22,25,31-33,35,41H,15-21,23-24H2,1-2H3,(H2,38,39,43). The Labute approximate surface area is 281 Å². The summed E-state index contributed by atoms with van der Waals surface area (Å²) in [7, 11) is 1.30. The molecule has 0 saturated carbocycles. The number of methoxy groups -OCH3 is 1. The Balaban J connectivity index is 1.16. The first-order valence-corrected chi connectivity index (χ1v) is 16.6. The quantitative estimate of drug-likeness (QED) is 0.265. The third-order valence-electron chi connectivity index (χ3n) is 9.48. The average Bonchev–Trinajstić information content (AvgIpc) is 3.58. The summed E-state index contributed by atoms with van der Waals surface area (Å²) in [6.45, 7) is 5.83. The van der Waals surface area contributed by atoms with Gasteiger partial charge in [-0.2, -0.15) is 0 Å². The maximum atomic E-state index is 13.1. The molecule has 3 aliphatic heterocycles. The molecular formula is C37H45N3O8. The molecule has 2 amide bonds. The maximum Gasteiger partial charge on any atom is 0.328 e. The van der Waals surface area contributed by atoms with Crippen LogP contribution in [0.15, 0.2) is 78.9 Å².